The number of rotatable bonds is 1. The fourth-order valence-corrected chi connectivity index (χ4v) is 0. The molecule has 0 heterocycles. The second-order valence-electron chi connectivity index (χ2n) is 0.888. The predicted octanol–water partition coefficient (Wildman–Crippen LogP) is 2.54. The lowest BCUT2D eigenvalue weighted by molar-refractivity contribution is 0.265. The van der Waals surface area contributed by atoms with Gasteiger partial charge in [0.15, 0.2) is 3.42 Å². The molecule has 7 heavy (non-hydrogen) atoms. The largest absolute Gasteiger partial charge is 0.368 e. The van der Waals surface area contributed by atoms with Gasteiger partial charge in [-0.25, -0.2) is 0 Å². The standard InChI is InChI=1S/C2H2Br4O/c3-1(4)2(5,6)7/h1,7H. The monoisotopic (exact) mass is 358 g/mol. The molecule has 5 heteroatoms. The van der Waals surface area contributed by atoms with E-state index in [-0.39, 0.29) is 3.74 Å². The first-order chi connectivity index (χ1) is 2.94. The normalized spacial score (nSPS) is 12.9. The van der Waals surface area contributed by atoms with Crippen molar-refractivity contribution in [2.45, 2.75) is 7.16 Å². The summed E-state index contributed by atoms with van der Waals surface area (Å²) in [6, 6.07) is 0. The Kier molecular flexibility index (Phi) is 4.00. The van der Waals surface area contributed by atoms with Crippen LogP contribution >= 0.6 is 63.7 Å². The minimum Gasteiger partial charge on any atom is -0.368 e. The van der Waals surface area contributed by atoms with Gasteiger partial charge in [0.2, 0.25) is 0 Å². The summed E-state index contributed by atoms with van der Waals surface area (Å²) in [5.74, 6) is 0. The fraction of sp³-hybridized carbons (Fsp3) is 1.00. The van der Waals surface area contributed by atoms with Crippen LogP contribution in [0.25, 0.3) is 0 Å². The van der Waals surface area contributed by atoms with Crippen LogP contribution in [0.2, 0.25) is 0 Å². The van der Waals surface area contributed by atoms with Crippen molar-refractivity contribution in [2.75, 3.05) is 0 Å². The second-order valence-corrected chi connectivity index (χ2v) is 7.43. The van der Waals surface area contributed by atoms with E-state index < -0.39 is 3.42 Å². The topological polar surface area (TPSA) is 20.2 Å². The van der Waals surface area contributed by atoms with E-state index in [0.29, 0.717) is 0 Å². The van der Waals surface area contributed by atoms with Gasteiger partial charge in [-0.05, 0) is 31.9 Å². The Morgan fingerprint density at radius 1 is 1.29 bits per heavy atom. The first-order valence-electron chi connectivity index (χ1n) is 1.33. The number of hydrogen-bond donors (Lipinski definition) is 1. The molecule has 0 aliphatic carbocycles. The molecule has 0 unspecified atom stereocenters. The van der Waals surface area contributed by atoms with Gasteiger partial charge in [-0.15, -0.1) is 0 Å². The Balaban J connectivity index is 3.54. The van der Waals surface area contributed by atoms with Crippen molar-refractivity contribution in [2.24, 2.45) is 0 Å². The van der Waals surface area contributed by atoms with Crippen molar-refractivity contribution in [3.63, 3.8) is 0 Å². The Morgan fingerprint density at radius 3 is 1.43 bits per heavy atom. The minimum atomic E-state index is -1.04. The Morgan fingerprint density at radius 2 is 1.43 bits per heavy atom. The summed E-state index contributed by atoms with van der Waals surface area (Å²) in [5, 5.41) is 8.83. The van der Waals surface area contributed by atoms with Crippen molar-refractivity contribution in [3.05, 3.63) is 0 Å². The van der Waals surface area contributed by atoms with Crippen molar-refractivity contribution in [1.82, 2.24) is 0 Å². The van der Waals surface area contributed by atoms with Gasteiger partial charge in [0, 0.05) is 0 Å². The molecule has 1 N–H and O–H groups in total. The highest BCUT2D eigenvalue weighted by Crippen LogP contribution is 2.34. The first kappa shape index (κ1) is 8.88. The van der Waals surface area contributed by atoms with E-state index in [2.05, 4.69) is 63.7 Å². The summed E-state index contributed by atoms with van der Waals surface area (Å²) >= 11 is 12.0. The fourth-order valence-electron chi connectivity index (χ4n) is 0. The van der Waals surface area contributed by atoms with Crippen LogP contribution < -0.4 is 0 Å². The Hall–Kier alpha value is 1.88. The Labute approximate surface area is 75.4 Å². The zero-order valence-electron chi connectivity index (χ0n) is 3.04. The van der Waals surface area contributed by atoms with E-state index in [0.717, 1.165) is 0 Å². The molecule has 0 saturated heterocycles. The van der Waals surface area contributed by atoms with Crippen LogP contribution in [0.3, 0.4) is 0 Å². The van der Waals surface area contributed by atoms with Gasteiger partial charge in [0.1, 0.15) is 3.74 Å². The lowest BCUT2D eigenvalue weighted by Crippen LogP contribution is -2.17. The number of halogens is 4. The molecule has 0 aliphatic rings. The average molecular weight is 362 g/mol. The van der Waals surface area contributed by atoms with Gasteiger partial charge >= 0.3 is 0 Å². The lowest BCUT2D eigenvalue weighted by Gasteiger charge is -2.12. The highest BCUT2D eigenvalue weighted by Gasteiger charge is 2.25. The Bertz CT molecular complexity index is 55.2. The van der Waals surface area contributed by atoms with Crippen LogP contribution in [0.15, 0.2) is 0 Å². The zero-order chi connectivity index (χ0) is 6.08. The van der Waals surface area contributed by atoms with Crippen LogP contribution in [0.1, 0.15) is 0 Å². The highest BCUT2D eigenvalue weighted by atomic mass is 79.9. The molecule has 44 valence electrons. The minimum absolute atomic E-state index is 0.188. The summed E-state index contributed by atoms with van der Waals surface area (Å²) in [7, 11) is 0. The van der Waals surface area contributed by atoms with Crippen molar-refractivity contribution >= 4 is 63.7 Å². The van der Waals surface area contributed by atoms with E-state index >= 15 is 0 Å². The molecule has 1 nitrogen and oxygen atoms in total. The molecule has 0 fully saturated rings. The lowest BCUT2D eigenvalue weighted by atomic mass is 10.9. The second kappa shape index (κ2) is 3.15. The van der Waals surface area contributed by atoms with Crippen molar-refractivity contribution in [1.29, 1.82) is 0 Å². The molecule has 0 radical (unpaired) electrons. The summed E-state index contributed by atoms with van der Waals surface area (Å²) in [6.07, 6.45) is 0. The van der Waals surface area contributed by atoms with E-state index in [1.54, 1.807) is 0 Å². The van der Waals surface area contributed by atoms with Crippen LogP contribution in [0, 0.1) is 0 Å². The third-order valence-electron chi connectivity index (χ3n) is 0.263. The number of hydrogen-bond acceptors (Lipinski definition) is 1. The molecule has 0 atom stereocenters. The number of alkyl halides is 4. The van der Waals surface area contributed by atoms with Crippen LogP contribution in [0.5, 0.6) is 0 Å². The SMILES string of the molecule is OC(Br)(Br)C(Br)Br. The zero-order valence-corrected chi connectivity index (χ0v) is 9.38. The van der Waals surface area contributed by atoms with E-state index in [1.165, 1.54) is 0 Å². The highest BCUT2D eigenvalue weighted by molar-refractivity contribution is 9.29. The number of aliphatic hydroxyl groups is 1. The van der Waals surface area contributed by atoms with Gasteiger partial charge in [0.25, 0.3) is 0 Å². The van der Waals surface area contributed by atoms with E-state index in [1.807, 2.05) is 0 Å². The maximum Gasteiger partial charge on any atom is 0.197 e. The van der Waals surface area contributed by atoms with E-state index in [9.17, 15) is 0 Å². The van der Waals surface area contributed by atoms with Gasteiger partial charge < -0.3 is 5.11 Å². The molecule has 0 spiro atoms. The molecular weight excluding hydrogens is 360 g/mol. The van der Waals surface area contributed by atoms with Crippen LogP contribution in [-0.2, 0) is 0 Å². The van der Waals surface area contributed by atoms with Crippen LogP contribution in [-0.4, -0.2) is 12.3 Å². The summed E-state index contributed by atoms with van der Waals surface area (Å²) < 4.78 is -1.23. The average Bonchev–Trinajstić information content (AvgIpc) is 1.31. The van der Waals surface area contributed by atoms with Gasteiger partial charge in [0.05, 0.1) is 0 Å². The van der Waals surface area contributed by atoms with Crippen LogP contribution in [0.4, 0.5) is 0 Å². The summed E-state index contributed by atoms with van der Waals surface area (Å²) in [5.41, 5.74) is 0. The summed E-state index contributed by atoms with van der Waals surface area (Å²) in [4.78, 5) is 0. The molecule has 0 saturated carbocycles. The maximum absolute atomic E-state index is 8.83. The molecule has 0 aromatic rings. The van der Waals surface area contributed by atoms with Gasteiger partial charge in [-0.1, -0.05) is 31.9 Å². The smallest absolute Gasteiger partial charge is 0.197 e. The molecule has 0 aromatic heterocycles. The van der Waals surface area contributed by atoms with Gasteiger partial charge in [-0.2, -0.15) is 0 Å². The molecule has 0 aliphatic heterocycles. The third-order valence-corrected chi connectivity index (χ3v) is 4.96. The molecule has 0 amide bonds. The van der Waals surface area contributed by atoms with Gasteiger partial charge in [-0.3, -0.25) is 0 Å². The summed E-state index contributed by atoms with van der Waals surface area (Å²) in [6.45, 7) is 0. The molecule has 0 rings (SSSR count). The molecule has 0 bridgehead atoms. The first-order valence-corrected chi connectivity index (χ1v) is 4.74. The third kappa shape index (κ3) is 4.39. The molecule has 0 aromatic carbocycles. The van der Waals surface area contributed by atoms with Crippen molar-refractivity contribution < 1.29 is 5.11 Å². The maximum atomic E-state index is 8.83. The predicted molar refractivity (Wildman–Crippen MR) is 44.4 cm³/mol. The van der Waals surface area contributed by atoms with Crippen molar-refractivity contribution in [3.8, 4) is 0 Å². The van der Waals surface area contributed by atoms with E-state index in [4.69, 9.17) is 5.11 Å². The quantitative estimate of drug-likeness (QED) is 0.712. The molecular formula is C2H2Br4O.